The topological polar surface area (TPSA) is 6.48 Å². The van der Waals surface area contributed by atoms with Gasteiger partial charge in [-0.1, -0.05) is 200 Å². The first-order chi connectivity index (χ1) is 32.3. The first kappa shape index (κ1) is 37.1. The summed E-state index contributed by atoms with van der Waals surface area (Å²) in [6.07, 6.45) is 4.61. The zero-order chi connectivity index (χ0) is 42.9. The van der Waals surface area contributed by atoms with Gasteiger partial charge in [-0.25, -0.2) is 0 Å². The van der Waals surface area contributed by atoms with Crippen molar-refractivity contribution >= 4 is 46.3 Å². The Balaban J connectivity index is 1.11. The maximum atomic E-state index is 2.50. The molecule has 0 atom stereocenters. The molecule has 3 aliphatic rings. The third kappa shape index (κ3) is 5.60. The van der Waals surface area contributed by atoms with Crippen molar-refractivity contribution in [3.63, 3.8) is 0 Å². The predicted octanol–water partition coefficient (Wildman–Crippen LogP) is 16.8. The Labute approximate surface area is 380 Å². The van der Waals surface area contributed by atoms with Crippen LogP contribution in [0.1, 0.15) is 33.4 Å². The fourth-order valence-corrected chi connectivity index (χ4v) is 11.1. The number of fused-ring (bicyclic) bond motifs is 14. The van der Waals surface area contributed by atoms with Crippen LogP contribution in [0.25, 0.3) is 56.7 Å². The highest BCUT2D eigenvalue weighted by Gasteiger charge is 2.48. The van der Waals surface area contributed by atoms with Gasteiger partial charge in [0.1, 0.15) is 0 Å². The lowest BCUT2D eigenvalue weighted by Crippen LogP contribution is -2.30. The quantitative estimate of drug-likeness (QED) is 0.171. The summed E-state index contributed by atoms with van der Waals surface area (Å²) in [6.45, 7) is 0. The molecule has 2 heteroatoms. The van der Waals surface area contributed by atoms with Crippen LogP contribution in [0.4, 0.5) is 34.1 Å². The molecule has 304 valence electrons. The highest BCUT2D eigenvalue weighted by atomic mass is 15.2. The summed E-state index contributed by atoms with van der Waals surface area (Å²) < 4.78 is 0. The van der Waals surface area contributed by atoms with Gasteiger partial charge >= 0.3 is 0 Å². The number of rotatable bonds is 5. The Hall–Kier alpha value is -8.46. The summed E-state index contributed by atoms with van der Waals surface area (Å²) in [5.41, 5.74) is 23.5. The van der Waals surface area contributed by atoms with Crippen LogP contribution in [0.5, 0.6) is 0 Å². The van der Waals surface area contributed by atoms with Crippen molar-refractivity contribution in [2.45, 2.75) is 5.41 Å². The van der Waals surface area contributed by atoms with Gasteiger partial charge < -0.3 is 9.80 Å². The van der Waals surface area contributed by atoms with Crippen molar-refractivity contribution in [2.75, 3.05) is 9.80 Å². The van der Waals surface area contributed by atoms with Crippen LogP contribution in [0.15, 0.2) is 243 Å². The normalized spacial score (nSPS) is 13.3. The first-order valence-electron chi connectivity index (χ1n) is 22.5. The average Bonchev–Trinajstić information content (AvgIpc) is 3.49. The molecule has 0 unspecified atom stereocenters. The Kier molecular flexibility index (Phi) is 8.47. The number of hydrogen-bond donors (Lipinski definition) is 0. The van der Waals surface area contributed by atoms with Crippen molar-refractivity contribution in [1.82, 2.24) is 0 Å². The van der Waals surface area contributed by atoms with Crippen molar-refractivity contribution in [2.24, 2.45) is 0 Å². The van der Waals surface area contributed by atoms with Gasteiger partial charge in [-0.05, 0) is 116 Å². The van der Waals surface area contributed by atoms with Crippen LogP contribution < -0.4 is 9.80 Å². The fraction of sp³-hybridized carbons (Fsp3) is 0.0159. The van der Waals surface area contributed by atoms with Gasteiger partial charge in [-0.15, -0.1) is 0 Å². The molecular formula is C63H42N2. The standard InChI is InChI=1S/C63H42N2/c1-3-19-43(20-4-1)49-25-12-17-33-60(49)64(47-38-40-62-55(41-47)51-27-10-9-26-50(51)54-29-13-18-34-61(54)65(62)46-23-5-2-6-24-46)48-37-39-53-52-28-11-16-32-58(52)63(59(53)42-48)56-30-14-7-21-44(56)35-36-45-22-8-15-31-57(45)63/h1-42H. The molecule has 1 aliphatic heterocycles. The van der Waals surface area contributed by atoms with E-state index in [1.165, 1.54) is 72.3 Å². The minimum Gasteiger partial charge on any atom is -0.310 e. The summed E-state index contributed by atoms with van der Waals surface area (Å²) in [5, 5.41) is 0. The summed E-state index contributed by atoms with van der Waals surface area (Å²) in [4.78, 5) is 4.93. The third-order valence-electron chi connectivity index (χ3n) is 13.8. The Morgan fingerprint density at radius 1 is 0.308 bits per heavy atom. The number of benzene rings is 10. The lowest BCUT2D eigenvalue weighted by Gasteiger charge is -2.36. The van der Waals surface area contributed by atoms with E-state index in [0.717, 1.165) is 39.7 Å². The summed E-state index contributed by atoms with van der Waals surface area (Å²) >= 11 is 0. The van der Waals surface area contributed by atoms with Crippen LogP contribution in [0, 0.1) is 0 Å². The van der Waals surface area contributed by atoms with E-state index in [1.807, 2.05) is 0 Å². The van der Waals surface area contributed by atoms with E-state index in [9.17, 15) is 0 Å². The second-order valence-electron chi connectivity index (χ2n) is 17.2. The van der Waals surface area contributed by atoms with E-state index in [4.69, 9.17) is 0 Å². The van der Waals surface area contributed by atoms with Crippen LogP contribution in [0.3, 0.4) is 0 Å². The molecule has 13 rings (SSSR count). The maximum absolute atomic E-state index is 2.50. The summed E-state index contributed by atoms with van der Waals surface area (Å²) in [7, 11) is 0. The number of anilines is 6. The zero-order valence-electron chi connectivity index (χ0n) is 35.6. The minimum atomic E-state index is -0.558. The molecule has 1 spiro atoms. The van der Waals surface area contributed by atoms with Crippen molar-refractivity contribution in [3.8, 4) is 44.5 Å². The van der Waals surface area contributed by atoms with Gasteiger partial charge in [0.15, 0.2) is 0 Å². The first-order valence-corrected chi connectivity index (χ1v) is 22.5. The van der Waals surface area contributed by atoms with Gasteiger partial charge in [0.2, 0.25) is 0 Å². The molecule has 0 aromatic heterocycles. The van der Waals surface area contributed by atoms with E-state index in [0.29, 0.717) is 0 Å². The summed E-state index contributed by atoms with van der Waals surface area (Å²) in [5.74, 6) is 0. The largest absolute Gasteiger partial charge is 0.310 e. The van der Waals surface area contributed by atoms with E-state index < -0.39 is 5.41 Å². The molecule has 0 fully saturated rings. The van der Waals surface area contributed by atoms with Crippen molar-refractivity contribution in [3.05, 3.63) is 276 Å². The minimum absolute atomic E-state index is 0.558. The van der Waals surface area contributed by atoms with E-state index in [-0.39, 0.29) is 0 Å². The van der Waals surface area contributed by atoms with Gasteiger partial charge in [0, 0.05) is 33.8 Å². The molecule has 0 bridgehead atoms. The molecule has 0 N–H and O–H groups in total. The molecule has 0 radical (unpaired) electrons. The van der Waals surface area contributed by atoms with Gasteiger partial charge in [-0.3, -0.25) is 0 Å². The van der Waals surface area contributed by atoms with Gasteiger partial charge in [-0.2, -0.15) is 0 Å². The highest BCUT2D eigenvalue weighted by Crippen LogP contribution is 2.60. The van der Waals surface area contributed by atoms with E-state index in [2.05, 4.69) is 265 Å². The van der Waals surface area contributed by atoms with Crippen LogP contribution in [-0.4, -0.2) is 0 Å². The van der Waals surface area contributed by atoms with Crippen LogP contribution in [-0.2, 0) is 5.41 Å². The summed E-state index contributed by atoms with van der Waals surface area (Å²) in [6, 6.07) is 89.6. The Morgan fingerprint density at radius 3 is 1.52 bits per heavy atom. The van der Waals surface area contributed by atoms with Crippen LogP contribution in [0.2, 0.25) is 0 Å². The molecule has 0 amide bonds. The van der Waals surface area contributed by atoms with Crippen molar-refractivity contribution in [1.29, 1.82) is 0 Å². The average molecular weight is 827 g/mol. The van der Waals surface area contributed by atoms with Gasteiger partial charge in [0.05, 0.1) is 22.5 Å². The number of para-hydroxylation sites is 3. The SMILES string of the molecule is C1=Cc2ccccc2C2(c3ccccc31)c1ccccc1-c1ccc(N(c3ccc4c(c3)-c3ccccc3-c3ccccc3N4c3ccccc3)c3ccccc3-c3ccccc3)cc12. The zero-order valence-corrected chi connectivity index (χ0v) is 35.6. The highest BCUT2D eigenvalue weighted by molar-refractivity contribution is 6.04. The molecule has 10 aromatic carbocycles. The lowest BCUT2D eigenvalue weighted by atomic mass is 9.66. The van der Waals surface area contributed by atoms with E-state index in [1.54, 1.807) is 0 Å². The molecular weight excluding hydrogens is 785 g/mol. The number of nitrogens with zero attached hydrogens (tertiary/aromatic N) is 2. The number of hydrogen-bond acceptors (Lipinski definition) is 2. The molecule has 1 heterocycles. The molecule has 10 aromatic rings. The fourth-order valence-electron chi connectivity index (χ4n) is 11.1. The second-order valence-corrected chi connectivity index (χ2v) is 17.2. The van der Waals surface area contributed by atoms with Crippen molar-refractivity contribution < 1.29 is 0 Å². The second kappa shape index (κ2) is 14.8. The molecule has 2 nitrogen and oxygen atoms in total. The smallest absolute Gasteiger partial charge is 0.0725 e. The molecule has 65 heavy (non-hydrogen) atoms. The molecule has 0 saturated heterocycles. The maximum Gasteiger partial charge on any atom is 0.0725 e. The third-order valence-corrected chi connectivity index (χ3v) is 13.8. The lowest BCUT2D eigenvalue weighted by molar-refractivity contribution is 0.766. The molecule has 0 saturated carbocycles. The Morgan fingerprint density at radius 2 is 0.800 bits per heavy atom. The van der Waals surface area contributed by atoms with Crippen LogP contribution >= 0.6 is 0 Å². The Bertz CT molecular complexity index is 3460. The predicted molar refractivity (Wildman–Crippen MR) is 272 cm³/mol. The molecule has 2 aliphatic carbocycles. The monoisotopic (exact) mass is 826 g/mol. The van der Waals surface area contributed by atoms with E-state index >= 15 is 0 Å². The van der Waals surface area contributed by atoms with Gasteiger partial charge in [0.25, 0.3) is 0 Å².